The molecule has 1 heterocycles. The van der Waals surface area contributed by atoms with Gasteiger partial charge in [-0.2, -0.15) is 18.2 Å². The quantitative estimate of drug-likeness (QED) is 0.771. The van der Waals surface area contributed by atoms with Crippen LogP contribution in [-0.4, -0.2) is 9.97 Å². The molecule has 100 valence electrons. The molecule has 0 aliphatic heterocycles. The van der Waals surface area contributed by atoms with E-state index >= 15 is 0 Å². The third-order valence-corrected chi connectivity index (χ3v) is 2.64. The topological polar surface area (TPSA) is 35.0 Å². The van der Waals surface area contributed by atoms with E-state index < -0.39 is 23.7 Å². The maximum Gasteiger partial charge on any atom is 0.433 e. The largest absolute Gasteiger partial charge is 0.433 e. The Hall–Kier alpha value is -1.70. The Morgan fingerprint density at radius 2 is 1.89 bits per heavy atom. The van der Waals surface area contributed by atoms with Crippen molar-refractivity contribution in [3.8, 4) is 11.8 Å². The molecule has 0 spiro atoms. The molecule has 2 aromatic rings. The Morgan fingerprint density at radius 1 is 1.16 bits per heavy atom. The van der Waals surface area contributed by atoms with E-state index in [0.717, 1.165) is 24.4 Å². The second-order valence-corrected chi connectivity index (χ2v) is 4.25. The lowest BCUT2D eigenvalue weighted by Crippen LogP contribution is -2.08. The fourth-order valence-electron chi connectivity index (χ4n) is 1.20. The minimum Gasteiger partial charge on any atom is -0.423 e. The smallest absolute Gasteiger partial charge is 0.423 e. The van der Waals surface area contributed by atoms with Crippen molar-refractivity contribution in [2.75, 3.05) is 0 Å². The van der Waals surface area contributed by atoms with Crippen LogP contribution in [0.25, 0.3) is 0 Å². The van der Waals surface area contributed by atoms with Crippen LogP contribution in [0.5, 0.6) is 11.8 Å². The normalized spacial score (nSPS) is 11.4. The van der Waals surface area contributed by atoms with E-state index in [9.17, 15) is 17.6 Å². The summed E-state index contributed by atoms with van der Waals surface area (Å²) >= 11 is 3.02. The Bertz CT molecular complexity index is 603. The van der Waals surface area contributed by atoms with Gasteiger partial charge in [-0.1, -0.05) is 0 Å². The molecular weight excluding hydrogens is 332 g/mol. The van der Waals surface area contributed by atoms with Crippen molar-refractivity contribution in [2.45, 2.75) is 6.18 Å². The van der Waals surface area contributed by atoms with Crippen molar-refractivity contribution in [3.63, 3.8) is 0 Å². The maximum atomic E-state index is 12.8. The first-order chi connectivity index (χ1) is 8.86. The highest BCUT2D eigenvalue weighted by molar-refractivity contribution is 9.10. The zero-order valence-corrected chi connectivity index (χ0v) is 10.7. The summed E-state index contributed by atoms with van der Waals surface area (Å²) in [6.07, 6.45) is -3.65. The highest BCUT2D eigenvalue weighted by Crippen LogP contribution is 2.31. The van der Waals surface area contributed by atoms with Crippen LogP contribution >= 0.6 is 15.9 Å². The fourth-order valence-corrected chi connectivity index (χ4v) is 1.64. The first-order valence-electron chi connectivity index (χ1n) is 4.89. The van der Waals surface area contributed by atoms with Gasteiger partial charge in [0, 0.05) is 6.20 Å². The minimum absolute atomic E-state index is 0.112. The third-order valence-electron chi connectivity index (χ3n) is 2.02. The zero-order valence-electron chi connectivity index (χ0n) is 9.08. The summed E-state index contributed by atoms with van der Waals surface area (Å²) in [7, 11) is 0. The van der Waals surface area contributed by atoms with Gasteiger partial charge in [0.1, 0.15) is 11.6 Å². The van der Waals surface area contributed by atoms with Gasteiger partial charge >= 0.3 is 12.2 Å². The molecular formula is C11H5BrF4N2O. The number of hydrogen-bond acceptors (Lipinski definition) is 3. The Labute approximate surface area is 113 Å². The van der Waals surface area contributed by atoms with Crippen molar-refractivity contribution in [3.05, 3.63) is 46.4 Å². The molecule has 0 aliphatic carbocycles. The minimum atomic E-state index is -4.58. The number of hydrogen-bond donors (Lipinski definition) is 0. The van der Waals surface area contributed by atoms with Gasteiger partial charge in [0.25, 0.3) is 0 Å². The van der Waals surface area contributed by atoms with Gasteiger partial charge in [0.15, 0.2) is 5.69 Å². The van der Waals surface area contributed by atoms with E-state index in [4.69, 9.17) is 4.74 Å². The van der Waals surface area contributed by atoms with E-state index in [0.29, 0.717) is 0 Å². The molecule has 0 fully saturated rings. The van der Waals surface area contributed by atoms with E-state index in [1.54, 1.807) is 0 Å². The van der Waals surface area contributed by atoms with Crippen LogP contribution in [0.2, 0.25) is 0 Å². The van der Waals surface area contributed by atoms with Crippen LogP contribution in [0.1, 0.15) is 5.69 Å². The summed E-state index contributed by atoms with van der Waals surface area (Å²) in [4.78, 5) is 6.79. The van der Waals surface area contributed by atoms with Gasteiger partial charge in [-0.15, -0.1) is 0 Å². The number of aromatic nitrogens is 2. The predicted octanol–water partition coefficient (Wildman–Crippen LogP) is 4.19. The Kier molecular flexibility index (Phi) is 3.70. The SMILES string of the molecule is Fc1ccc(Oc2nccc(C(F)(F)F)n2)c(Br)c1. The molecule has 0 N–H and O–H groups in total. The maximum absolute atomic E-state index is 12.8. The molecule has 8 heteroatoms. The van der Waals surface area contributed by atoms with Gasteiger partial charge in [-0.05, 0) is 40.2 Å². The van der Waals surface area contributed by atoms with Crippen LogP contribution in [0.3, 0.4) is 0 Å². The molecule has 0 radical (unpaired) electrons. The summed E-state index contributed by atoms with van der Waals surface area (Å²) in [6.45, 7) is 0. The standard InChI is InChI=1S/C11H5BrF4N2O/c12-7-5-6(13)1-2-8(7)19-10-17-4-3-9(18-10)11(14,15)16/h1-5H. The number of benzene rings is 1. The van der Waals surface area contributed by atoms with E-state index in [1.165, 1.54) is 6.07 Å². The van der Waals surface area contributed by atoms with Crippen LogP contribution in [0.15, 0.2) is 34.9 Å². The van der Waals surface area contributed by atoms with Crippen molar-refractivity contribution in [1.82, 2.24) is 9.97 Å². The van der Waals surface area contributed by atoms with Crippen molar-refractivity contribution in [1.29, 1.82) is 0 Å². The molecule has 0 atom stereocenters. The Balaban J connectivity index is 2.29. The van der Waals surface area contributed by atoms with Gasteiger partial charge in [-0.25, -0.2) is 9.37 Å². The first-order valence-corrected chi connectivity index (χ1v) is 5.69. The summed E-state index contributed by atoms with van der Waals surface area (Å²) < 4.78 is 55.5. The summed E-state index contributed by atoms with van der Waals surface area (Å²) in [5, 5.41) is 0. The van der Waals surface area contributed by atoms with E-state index in [2.05, 4.69) is 25.9 Å². The highest BCUT2D eigenvalue weighted by atomic mass is 79.9. The number of rotatable bonds is 2. The molecule has 0 saturated heterocycles. The molecule has 19 heavy (non-hydrogen) atoms. The molecule has 3 nitrogen and oxygen atoms in total. The van der Waals surface area contributed by atoms with Crippen molar-refractivity contribution in [2.24, 2.45) is 0 Å². The lowest BCUT2D eigenvalue weighted by Gasteiger charge is -2.08. The van der Waals surface area contributed by atoms with Crippen molar-refractivity contribution < 1.29 is 22.3 Å². The molecule has 0 aliphatic rings. The summed E-state index contributed by atoms with van der Waals surface area (Å²) in [5.41, 5.74) is -1.12. The predicted molar refractivity (Wildman–Crippen MR) is 61.2 cm³/mol. The molecule has 1 aromatic carbocycles. The van der Waals surface area contributed by atoms with Gasteiger partial charge < -0.3 is 4.74 Å². The summed E-state index contributed by atoms with van der Waals surface area (Å²) in [5.74, 6) is -0.398. The van der Waals surface area contributed by atoms with Gasteiger partial charge in [0.2, 0.25) is 0 Å². The Morgan fingerprint density at radius 3 is 2.53 bits per heavy atom. The molecule has 0 saturated carbocycles. The molecule has 2 rings (SSSR count). The van der Waals surface area contributed by atoms with E-state index in [1.807, 2.05) is 0 Å². The first kappa shape index (κ1) is 13.7. The number of halogens is 5. The van der Waals surface area contributed by atoms with Crippen LogP contribution in [0, 0.1) is 5.82 Å². The second kappa shape index (κ2) is 5.12. The average Bonchev–Trinajstić information content (AvgIpc) is 2.32. The average molecular weight is 337 g/mol. The number of alkyl halides is 3. The molecule has 0 unspecified atom stereocenters. The second-order valence-electron chi connectivity index (χ2n) is 3.40. The monoisotopic (exact) mass is 336 g/mol. The highest BCUT2D eigenvalue weighted by Gasteiger charge is 2.33. The van der Waals surface area contributed by atoms with E-state index in [-0.39, 0.29) is 10.2 Å². The third kappa shape index (κ3) is 3.40. The van der Waals surface area contributed by atoms with Crippen molar-refractivity contribution >= 4 is 15.9 Å². The lowest BCUT2D eigenvalue weighted by atomic mass is 10.3. The van der Waals surface area contributed by atoms with Crippen LogP contribution in [0.4, 0.5) is 17.6 Å². The zero-order chi connectivity index (χ0) is 14.0. The van der Waals surface area contributed by atoms with Gasteiger partial charge in [-0.3, -0.25) is 0 Å². The van der Waals surface area contributed by atoms with Crippen LogP contribution < -0.4 is 4.74 Å². The molecule has 1 aromatic heterocycles. The number of ether oxygens (including phenoxy) is 1. The van der Waals surface area contributed by atoms with Gasteiger partial charge in [0.05, 0.1) is 4.47 Å². The fraction of sp³-hybridized carbons (Fsp3) is 0.0909. The van der Waals surface area contributed by atoms with Crippen LogP contribution in [-0.2, 0) is 6.18 Å². The molecule has 0 amide bonds. The number of nitrogens with zero attached hydrogens (tertiary/aromatic N) is 2. The summed E-state index contributed by atoms with van der Waals surface area (Å²) in [6, 6.07) is 3.73. The molecule has 0 bridgehead atoms. The lowest BCUT2D eigenvalue weighted by molar-refractivity contribution is -0.141.